The van der Waals surface area contributed by atoms with Crippen LogP contribution in [0.4, 0.5) is 0 Å². The number of nitrogens with zero attached hydrogens (tertiary/aromatic N) is 2. The Balaban J connectivity index is 1.99. The summed E-state index contributed by atoms with van der Waals surface area (Å²) in [5, 5.41) is 0. The molecule has 0 spiro atoms. The van der Waals surface area contributed by atoms with Gasteiger partial charge in [-0.3, -0.25) is 0 Å². The highest BCUT2D eigenvalue weighted by molar-refractivity contribution is 7.98. The third-order valence-corrected chi connectivity index (χ3v) is 3.64. The van der Waals surface area contributed by atoms with Crippen molar-refractivity contribution in [2.24, 2.45) is 5.73 Å². The minimum atomic E-state index is 0.132. The van der Waals surface area contributed by atoms with Crippen LogP contribution in [0.5, 0.6) is 0 Å². The van der Waals surface area contributed by atoms with Gasteiger partial charge in [0, 0.05) is 29.2 Å². The summed E-state index contributed by atoms with van der Waals surface area (Å²) in [5.41, 5.74) is 8.08. The smallest absolute Gasteiger partial charge is 0.138 e. The average Bonchev–Trinajstić information content (AvgIpc) is 2.36. The number of benzene rings is 1. The fraction of sp³-hybridized carbons (Fsp3) is 0.333. The Morgan fingerprint density at radius 1 is 1.32 bits per heavy atom. The van der Waals surface area contributed by atoms with Gasteiger partial charge in [-0.2, -0.15) is 0 Å². The van der Waals surface area contributed by atoms with E-state index in [1.165, 1.54) is 10.5 Å². The number of nitrogens with two attached hydrogens (primary N) is 1. The van der Waals surface area contributed by atoms with Crippen LogP contribution in [0.25, 0.3) is 0 Å². The molecule has 2 rings (SSSR count). The van der Waals surface area contributed by atoms with Crippen molar-refractivity contribution in [1.82, 2.24) is 9.97 Å². The second-order valence-corrected chi connectivity index (χ2v) is 5.80. The predicted octanol–water partition coefficient (Wildman–Crippen LogP) is 2.97. The maximum absolute atomic E-state index is 5.79. The molecule has 1 heterocycles. The van der Waals surface area contributed by atoms with Gasteiger partial charge in [-0.1, -0.05) is 17.7 Å². The number of aromatic nitrogens is 2. The quantitative estimate of drug-likeness (QED) is 0.851. The summed E-state index contributed by atoms with van der Waals surface area (Å²) < 4.78 is 0. The molecule has 3 nitrogen and oxygen atoms in total. The summed E-state index contributed by atoms with van der Waals surface area (Å²) in [6.45, 7) is 4.09. The number of hydrogen-bond acceptors (Lipinski definition) is 4. The van der Waals surface area contributed by atoms with Gasteiger partial charge in [-0.15, -0.1) is 11.8 Å². The molecule has 2 N–H and O–H groups in total. The molecule has 2 aromatic rings. The maximum atomic E-state index is 5.79. The normalized spacial score (nSPS) is 12.4. The van der Waals surface area contributed by atoms with Crippen molar-refractivity contribution < 1.29 is 0 Å². The average molecular weight is 273 g/mol. The standard InChI is InChI=1S/C15H19N3S/c1-11-4-3-5-14(8-11)19-10-15-17-7-6-13(18-15)9-12(2)16/h3-8,12H,9-10,16H2,1-2H3. The summed E-state index contributed by atoms with van der Waals surface area (Å²) in [5.74, 6) is 1.65. The van der Waals surface area contributed by atoms with Gasteiger partial charge in [0.2, 0.25) is 0 Å². The minimum Gasteiger partial charge on any atom is -0.328 e. The van der Waals surface area contributed by atoms with Crippen LogP contribution in [0, 0.1) is 6.92 Å². The van der Waals surface area contributed by atoms with E-state index in [1.807, 2.05) is 19.2 Å². The minimum absolute atomic E-state index is 0.132. The molecule has 0 bridgehead atoms. The van der Waals surface area contributed by atoms with E-state index in [4.69, 9.17) is 5.73 Å². The van der Waals surface area contributed by atoms with Gasteiger partial charge >= 0.3 is 0 Å². The molecule has 1 aromatic carbocycles. The Labute approximate surface area is 118 Å². The third-order valence-electron chi connectivity index (χ3n) is 2.65. The van der Waals surface area contributed by atoms with Gasteiger partial charge in [0.05, 0.1) is 5.75 Å². The fourth-order valence-electron chi connectivity index (χ4n) is 1.81. The molecule has 4 heteroatoms. The van der Waals surface area contributed by atoms with Crippen molar-refractivity contribution in [3.05, 3.63) is 53.6 Å². The molecular weight excluding hydrogens is 254 g/mol. The van der Waals surface area contributed by atoms with Crippen molar-refractivity contribution in [2.45, 2.75) is 37.0 Å². The molecule has 1 unspecified atom stereocenters. The lowest BCUT2D eigenvalue weighted by atomic mass is 10.2. The summed E-state index contributed by atoms with van der Waals surface area (Å²) >= 11 is 1.76. The zero-order valence-corrected chi connectivity index (χ0v) is 12.2. The zero-order valence-electron chi connectivity index (χ0n) is 11.3. The van der Waals surface area contributed by atoms with Crippen LogP contribution in [0.2, 0.25) is 0 Å². The lowest BCUT2D eigenvalue weighted by molar-refractivity contribution is 0.715. The molecule has 1 atom stereocenters. The van der Waals surface area contributed by atoms with Crippen LogP contribution < -0.4 is 5.73 Å². The molecular formula is C15H19N3S. The van der Waals surface area contributed by atoms with Gasteiger partial charge in [0.15, 0.2) is 0 Å². The predicted molar refractivity (Wildman–Crippen MR) is 80.1 cm³/mol. The first-order chi connectivity index (χ1) is 9.13. The van der Waals surface area contributed by atoms with Gasteiger partial charge in [0.1, 0.15) is 5.82 Å². The number of thioether (sulfide) groups is 1. The topological polar surface area (TPSA) is 51.8 Å². The monoisotopic (exact) mass is 273 g/mol. The number of aryl methyl sites for hydroxylation is 1. The van der Waals surface area contributed by atoms with Crippen LogP contribution in [0.1, 0.15) is 24.0 Å². The van der Waals surface area contributed by atoms with Gasteiger partial charge in [0.25, 0.3) is 0 Å². The van der Waals surface area contributed by atoms with Crippen molar-refractivity contribution >= 4 is 11.8 Å². The van der Waals surface area contributed by atoms with Crippen LogP contribution in [0.15, 0.2) is 41.4 Å². The Hall–Kier alpha value is -1.39. The molecule has 19 heavy (non-hydrogen) atoms. The molecule has 0 saturated heterocycles. The maximum Gasteiger partial charge on any atom is 0.138 e. The zero-order chi connectivity index (χ0) is 13.7. The molecule has 0 amide bonds. The van der Waals surface area contributed by atoms with Crippen LogP contribution in [0.3, 0.4) is 0 Å². The first kappa shape index (κ1) is 14.0. The second kappa shape index (κ2) is 6.68. The lowest BCUT2D eigenvalue weighted by Crippen LogP contribution is -2.18. The number of hydrogen-bond donors (Lipinski definition) is 1. The Morgan fingerprint density at radius 3 is 2.89 bits per heavy atom. The highest BCUT2D eigenvalue weighted by Gasteiger charge is 2.03. The van der Waals surface area contributed by atoms with Crippen LogP contribution >= 0.6 is 11.8 Å². The van der Waals surface area contributed by atoms with Gasteiger partial charge in [-0.25, -0.2) is 9.97 Å². The van der Waals surface area contributed by atoms with E-state index in [1.54, 1.807) is 11.8 Å². The SMILES string of the molecule is Cc1cccc(SCc2nccc(CC(C)N)n2)c1. The first-order valence-corrected chi connectivity index (χ1v) is 7.38. The van der Waals surface area contributed by atoms with Crippen molar-refractivity contribution in [2.75, 3.05) is 0 Å². The molecule has 0 aliphatic heterocycles. The van der Waals surface area contributed by atoms with E-state index < -0.39 is 0 Å². The van der Waals surface area contributed by atoms with E-state index in [0.29, 0.717) is 0 Å². The Morgan fingerprint density at radius 2 is 2.16 bits per heavy atom. The molecule has 0 radical (unpaired) electrons. The Bertz CT molecular complexity index is 540. The van der Waals surface area contributed by atoms with E-state index in [9.17, 15) is 0 Å². The summed E-state index contributed by atoms with van der Waals surface area (Å²) in [6.07, 6.45) is 2.61. The van der Waals surface area contributed by atoms with Crippen molar-refractivity contribution in [1.29, 1.82) is 0 Å². The molecule has 100 valence electrons. The van der Waals surface area contributed by atoms with E-state index >= 15 is 0 Å². The number of rotatable bonds is 5. The Kier molecular flexibility index (Phi) is 4.93. The molecule has 1 aromatic heterocycles. The van der Waals surface area contributed by atoms with Crippen molar-refractivity contribution in [3.8, 4) is 0 Å². The van der Waals surface area contributed by atoms with E-state index in [-0.39, 0.29) is 6.04 Å². The summed E-state index contributed by atoms with van der Waals surface area (Å²) in [4.78, 5) is 10.1. The van der Waals surface area contributed by atoms with Crippen LogP contribution in [-0.2, 0) is 12.2 Å². The van der Waals surface area contributed by atoms with Gasteiger partial charge < -0.3 is 5.73 Å². The highest BCUT2D eigenvalue weighted by Crippen LogP contribution is 2.22. The summed E-state index contributed by atoms with van der Waals surface area (Å²) in [6, 6.07) is 10.5. The van der Waals surface area contributed by atoms with Crippen molar-refractivity contribution in [3.63, 3.8) is 0 Å². The molecule has 0 fully saturated rings. The van der Waals surface area contributed by atoms with E-state index in [2.05, 4.69) is 41.2 Å². The fourth-order valence-corrected chi connectivity index (χ4v) is 2.69. The first-order valence-electron chi connectivity index (χ1n) is 6.39. The van der Waals surface area contributed by atoms with Gasteiger partial charge in [-0.05, 0) is 32.0 Å². The van der Waals surface area contributed by atoms with E-state index in [0.717, 1.165) is 23.7 Å². The molecule has 0 aliphatic rings. The summed E-state index contributed by atoms with van der Waals surface area (Å²) in [7, 11) is 0. The molecule has 0 saturated carbocycles. The lowest BCUT2D eigenvalue weighted by Gasteiger charge is -2.06. The highest BCUT2D eigenvalue weighted by atomic mass is 32.2. The van der Waals surface area contributed by atoms with Crippen LogP contribution in [-0.4, -0.2) is 16.0 Å². The third kappa shape index (κ3) is 4.65. The largest absolute Gasteiger partial charge is 0.328 e. The molecule has 0 aliphatic carbocycles. The second-order valence-electron chi connectivity index (χ2n) is 4.75.